The Morgan fingerprint density at radius 3 is 2.69 bits per heavy atom. The van der Waals surface area contributed by atoms with E-state index in [0.29, 0.717) is 6.04 Å². The second-order valence-electron chi connectivity index (χ2n) is 3.59. The molecule has 1 aromatic rings. The third-order valence-electron chi connectivity index (χ3n) is 2.34. The van der Waals surface area contributed by atoms with Crippen molar-refractivity contribution in [3.8, 4) is 0 Å². The van der Waals surface area contributed by atoms with Gasteiger partial charge in [0.25, 0.3) is 0 Å². The summed E-state index contributed by atoms with van der Waals surface area (Å²) in [6, 6.07) is 11.1. The Morgan fingerprint density at radius 2 is 2.08 bits per heavy atom. The van der Waals surface area contributed by atoms with E-state index in [1.54, 1.807) is 0 Å². The van der Waals surface area contributed by atoms with Crippen LogP contribution in [-0.4, -0.2) is 17.0 Å². The van der Waals surface area contributed by atoms with Crippen molar-refractivity contribution in [2.24, 2.45) is 0 Å². The summed E-state index contributed by atoms with van der Waals surface area (Å²) in [5.74, 6) is 1.25. The highest BCUT2D eigenvalue weighted by molar-refractivity contribution is 8.00. The minimum atomic E-state index is 0.669. The molecule has 2 rings (SSSR count). The van der Waals surface area contributed by atoms with Gasteiger partial charge in [-0.25, -0.2) is 0 Å². The van der Waals surface area contributed by atoms with Crippen LogP contribution in [0.5, 0.6) is 0 Å². The van der Waals surface area contributed by atoms with Gasteiger partial charge in [-0.1, -0.05) is 25.1 Å². The second kappa shape index (κ2) is 4.05. The van der Waals surface area contributed by atoms with Crippen molar-refractivity contribution in [1.29, 1.82) is 0 Å². The van der Waals surface area contributed by atoms with Crippen molar-refractivity contribution in [3.63, 3.8) is 0 Å². The lowest BCUT2D eigenvalue weighted by molar-refractivity contribution is 0.747. The number of anilines is 1. The number of hydrogen-bond acceptors (Lipinski definition) is 2. The van der Waals surface area contributed by atoms with Gasteiger partial charge in [0.15, 0.2) is 0 Å². The Morgan fingerprint density at radius 1 is 1.31 bits per heavy atom. The highest BCUT2D eigenvalue weighted by Gasteiger charge is 2.21. The average Bonchev–Trinajstić information content (AvgIpc) is 2.53. The van der Waals surface area contributed by atoms with E-state index in [9.17, 15) is 0 Å². The molecular weight excluding hydrogens is 178 g/mol. The lowest BCUT2D eigenvalue weighted by Crippen LogP contribution is -2.18. The molecule has 2 unspecified atom stereocenters. The van der Waals surface area contributed by atoms with Crippen molar-refractivity contribution in [2.45, 2.75) is 24.6 Å². The molecule has 1 nitrogen and oxygen atoms in total. The maximum Gasteiger partial charge on any atom is 0.0362 e. The van der Waals surface area contributed by atoms with Gasteiger partial charge >= 0.3 is 0 Å². The van der Waals surface area contributed by atoms with Crippen LogP contribution >= 0.6 is 11.8 Å². The van der Waals surface area contributed by atoms with Crippen molar-refractivity contribution in [2.75, 3.05) is 11.1 Å². The zero-order chi connectivity index (χ0) is 9.10. The molecule has 0 bridgehead atoms. The minimum Gasteiger partial charge on any atom is -0.381 e. The Bertz CT molecular complexity index is 260. The van der Waals surface area contributed by atoms with E-state index in [1.807, 2.05) is 0 Å². The van der Waals surface area contributed by atoms with Crippen LogP contribution in [0, 0.1) is 0 Å². The molecule has 1 aromatic carbocycles. The molecule has 70 valence electrons. The number of nitrogens with one attached hydrogen (secondary N) is 1. The second-order valence-corrected chi connectivity index (χ2v) is 5.06. The third-order valence-corrected chi connectivity index (χ3v) is 3.70. The first-order valence-corrected chi connectivity index (χ1v) is 5.82. The summed E-state index contributed by atoms with van der Waals surface area (Å²) in [5, 5.41) is 4.37. The first-order chi connectivity index (χ1) is 6.34. The zero-order valence-corrected chi connectivity index (χ0v) is 8.68. The molecule has 0 aliphatic carbocycles. The quantitative estimate of drug-likeness (QED) is 0.775. The van der Waals surface area contributed by atoms with Gasteiger partial charge in [0, 0.05) is 22.7 Å². The van der Waals surface area contributed by atoms with Gasteiger partial charge in [-0.15, -0.1) is 0 Å². The first kappa shape index (κ1) is 8.95. The first-order valence-electron chi connectivity index (χ1n) is 4.78. The standard InChI is InChI=1S/C11H15NS/c1-9-7-11(8-13-9)12-10-5-3-2-4-6-10/h2-6,9,11-12H,7-8H2,1H3. The van der Waals surface area contributed by atoms with E-state index in [1.165, 1.54) is 17.9 Å². The molecule has 1 fully saturated rings. The predicted octanol–water partition coefficient (Wildman–Crippen LogP) is 2.99. The minimum absolute atomic E-state index is 0.669. The monoisotopic (exact) mass is 193 g/mol. The van der Waals surface area contributed by atoms with Crippen molar-refractivity contribution >= 4 is 17.4 Å². The van der Waals surface area contributed by atoms with Crippen molar-refractivity contribution < 1.29 is 0 Å². The fourth-order valence-electron chi connectivity index (χ4n) is 1.69. The molecule has 1 aliphatic rings. The summed E-state index contributed by atoms with van der Waals surface area (Å²) in [6.45, 7) is 2.30. The Balaban J connectivity index is 1.92. The summed E-state index contributed by atoms with van der Waals surface area (Å²) in [4.78, 5) is 0. The molecule has 1 N–H and O–H groups in total. The van der Waals surface area contributed by atoms with Crippen LogP contribution in [0.2, 0.25) is 0 Å². The van der Waals surface area contributed by atoms with E-state index in [4.69, 9.17) is 0 Å². The molecular formula is C11H15NS. The lowest BCUT2D eigenvalue weighted by Gasteiger charge is -2.12. The van der Waals surface area contributed by atoms with Gasteiger partial charge in [0.2, 0.25) is 0 Å². The normalized spacial score (nSPS) is 27.5. The third kappa shape index (κ3) is 2.41. The Kier molecular flexibility index (Phi) is 2.79. The molecule has 2 heteroatoms. The molecule has 1 saturated heterocycles. The van der Waals surface area contributed by atoms with E-state index in [0.717, 1.165) is 5.25 Å². The number of rotatable bonds is 2. The van der Waals surface area contributed by atoms with E-state index >= 15 is 0 Å². The van der Waals surface area contributed by atoms with E-state index in [-0.39, 0.29) is 0 Å². The number of benzene rings is 1. The summed E-state index contributed by atoms with van der Waals surface area (Å²) in [6.07, 6.45) is 1.29. The zero-order valence-electron chi connectivity index (χ0n) is 7.86. The molecule has 0 aromatic heterocycles. The topological polar surface area (TPSA) is 12.0 Å². The van der Waals surface area contributed by atoms with Crippen LogP contribution in [0.25, 0.3) is 0 Å². The van der Waals surface area contributed by atoms with Crippen LogP contribution in [0.4, 0.5) is 5.69 Å². The highest BCUT2D eigenvalue weighted by Crippen LogP contribution is 2.28. The SMILES string of the molecule is CC1CC(Nc2ccccc2)CS1. The van der Waals surface area contributed by atoms with Crippen LogP contribution in [-0.2, 0) is 0 Å². The summed E-state index contributed by atoms with van der Waals surface area (Å²) in [7, 11) is 0. The molecule has 0 saturated carbocycles. The maximum atomic E-state index is 3.55. The fourth-order valence-corrected chi connectivity index (χ4v) is 2.84. The summed E-state index contributed by atoms with van der Waals surface area (Å²) < 4.78 is 0. The fraction of sp³-hybridized carbons (Fsp3) is 0.455. The van der Waals surface area contributed by atoms with Gasteiger partial charge in [-0.05, 0) is 18.6 Å². The molecule has 0 spiro atoms. The number of hydrogen-bond donors (Lipinski definition) is 1. The van der Waals surface area contributed by atoms with E-state index in [2.05, 4.69) is 54.3 Å². The molecule has 2 atom stereocenters. The summed E-state index contributed by atoms with van der Waals surface area (Å²) >= 11 is 2.06. The van der Waals surface area contributed by atoms with Crippen molar-refractivity contribution in [3.05, 3.63) is 30.3 Å². The molecule has 0 radical (unpaired) electrons. The lowest BCUT2D eigenvalue weighted by atomic mass is 10.2. The van der Waals surface area contributed by atoms with Gasteiger partial charge in [0.1, 0.15) is 0 Å². The molecule has 0 amide bonds. The van der Waals surface area contributed by atoms with Crippen LogP contribution in [0.3, 0.4) is 0 Å². The highest BCUT2D eigenvalue weighted by atomic mass is 32.2. The van der Waals surface area contributed by atoms with Crippen LogP contribution in [0.1, 0.15) is 13.3 Å². The van der Waals surface area contributed by atoms with Gasteiger partial charge in [-0.3, -0.25) is 0 Å². The Labute approximate surface area is 83.9 Å². The largest absolute Gasteiger partial charge is 0.381 e. The summed E-state index contributed by atoms with van der Waals surface area (Å²) in [5.41, 5.74) is 1.25. The Hall–Kier alpha value is -0.630. The number of thioether (sulfide) groups is 1. The molecule has 13 heavy (non-hydrogen) atoms. The van der Waals surface area contributed by atoms with Crippen LogP contribution < -0.4 is 5.32 Å². The molecule has 1 heterocycles. The van der Waals surface area contributed by atoms with Crippen LogP contribution in [0.15, 0.2) is 30.3 Å². The van der Waals surface area contributed by atoms with Gasteiger partial charge < -0.3 is 5.32 Å². The van der Waals surface area contributed by atoms with E-state index < -0.39 is 0 Å². The average molecular weight is 193 g/mol. The predicted molar refractivity (Wildman–Crippen MR) is 60.4 cm³/mol. The smallest absolute Gasteiger partial charge is 0.0362 e. The molecule has 1 aliphatic heterocycles. The van der Waals surface area contributed by atoms with Gasteiger partial charge in [-0.2, -0.15) is 11.8 Å². The van der Waals surface area contributed by atoms with Crippen molar-refractivity contribution in [1.82, 2.24) is 0 Å². The van der Waals surface area contributed by atoms with Gasteiger partial charge in [0.05, 0.1) is 0 Å². The maximum absolute atomic E-state index is 3.55. The number of para-hydroxylation sites is 1.